The minimum absolute atomic E-state index is 0.150. The van der Waals surface area contributed by atoms with Gasteiger partial charge in [-0.15, -0.1) is 0 Å². The lowest BCUT2D eigenvalue weighted by atomic mass is 9.81. The van der Waals surface area contributed by atoms with E-state index in [2.05, 4.69) is 42.1 Å². The lowest BCUT2D eigenvalue weighted by Gasteiger charge is -2.44. The van der Waals surface area contributed by atoms with Crippen LogP contribution in [0.15, 0.2) is 144 Å². The standard InChI is InChI=1S/2C22H17N3O5.2C21H39N7O12.2H2O4S/c2*1-27-13-17(22(26)28-2)16-8-4-6-10-19(16)30-21-11-20(24-14-25-21)29-18-9-5-3-7-15(18)12-23;2*1-5-21(36,4-30)16(40-17-9(26-2)13(34)10(31)6(3-29)38-17)18(37-5)39-15-8(28-20(24)25)11(32)7(27-19(22)23)12(33)14(15)35;2*1-5(2,3)4/h2*3-11,13-14H,1-2H3;2*4-18,26,29,31-36H,3H2,1-2H3,(H4,22,23,27)(H4,24,25,28);2*(H2,1,2,3,4)/b2*17-13+;;;;/t;;2*5-,6-,7+,8-,9-,10-,11+,12-,13-,14+,15+,16-,17-,18-,21+;;/m..00../s1. The van der Waals surface area contributed by atoms with Crippen molar-refractivity contribution in [1.82, 2.24) is 19.9 Å². The Labute approximate surface area is 852 Å². The minimum atomic E-state index is -5.17. The number of hydrogen-bond donors (Lipinski definition) is 26. The van der Waals surface area contributed by atoms with E-state index in [-0.39, 0.29) is 47.2 Å². The fourth-order valence-corrected chi connectivity index (χ4v) is 15.7. The lowest BCUT2D eigenvalue weighted by Crippen LogP contribution is -3.08. The van der Waals surface area contributed by atoms with Crippen LogP contribution < -0.4 is 74.6 Å². The molecule has 150 heavy (non-hydrogen) atoms. The molecule has 0 spiro atoms. The summed E-state index contributed by atoms with van der Waals surface area (Å²) in [5.74, 6) is -0.990. The quantitative estimate of drug-likeness (QED) is 0.00273. The SMILES string of the molecule is CO/C=C(/C(=O)OC)c1ccccc1Oc1cc(Oc2ccccc2C#N)ncn1.CO/C=C(/C(=O)OC)c1ccccc1Oc1cc(Oc2ccccc2C#N)ncn1.C[NH2+][C@@H]1[C@H](O[C@H]2[C@H](O[C@H]3[C@H](O)[C@@H](O)[C@H](N=C(N)N)[C@@H](O)[C@@H]3N=C(N)N)O[C@@H](C)[C@]2(O)C=O)O[C@@H](CO)[C@H](O)[C@H]1O.C[NH2+][C@@H]1[C@H](O[C@H]2[C@H](O[C@H]3[C@H](O)[C@@H](O)[C@H]([NH2+]C(=N)N)[C@@H](O)[C@@H]3[NH2+]C(=N)N)O[C@@H](C)[C@]2(O)C=O)O[C@@H](CO)[C@H](O)[C@H]1O.O=S(=O)([O-])[O-].O=S(=O)([O-])[O-]. The van der Waals surface area contributed by atoms with E-state index in [9.17, 15) is 101 Å². The molecule has 62 nitrogen and oxygen atoms in total. The molecule has 0 radical (unpaired) electrons. The Hall–Kier alpha value is -13.2. The Kier molecular flexibility index (Phi) is 46.6. The van der Waals surface area contributed by atoms with Gasteiger partial charge in [0.05, 0.1) is 104 Å². The molecule has 6 heterocycles. The Morgan fingerprint density at radius 2 is 0.787 bits per heavy atom. The summed E-state index contributed by atoms with van der Waals surface area (Å²) in [7, 11) is -1.82. The van der Waals surface area contributed by atoms with Crippen molar-refractivity contribution in [1.29, 1.82) is 21.3 Å². The molecule has 2 saturated carbocycles. The Balaban J connectivity index is 0.000000264. The van der Waals surface area contributed by atoms with Crippen LogP contribution >= 0.6 is 0 Å². The molecule has 0 bridgehead atoms. The van der Waals surface area contributed by atoms with Crippen LogP contribution in [-0.4, -0.2) is 413 Å². The molecule has 2 aliphatic carbocycles. The van der Waals surface area contributed by atoms with Crippen LogP contribution in [0.25, 0.3) is 11.1 Å². The molecule has 824 valence electrons. The number of likely N-dealkylation sites (N-methyl/N-ethyl adjacent to an activating group) is 2. The van der Waals surface area contributed by atoms with Crippen molar-refractivity contribution in [2.24, 2.45) is 44.4 Å². The first-order valence-electron chi connectivity index (χ1n) is 44.0. The van der Waals surface area contributed by atoms with E-state index in [0.717, 1.165) is 10.6 Å². The van der Waals surface area contributed by atoms with E-state index in [1.165, 1.54) is 90.2 Å². The number of quaternary nitrogens is 4. The lowest BCUT2D eigenvalue weighted by molar-refractivity contribution is -0.696. The van der Waals surface area contributed by atoms with Gasteiger partial charge in [0.15, 0.2) is 78.5 Å². The fraction of sp³-hybridized carbons (Fsp3) is 0.465. The van der Waals surface area contributed by atoms with Crippen molar-refractivity contribution < 1.29 is 223 Å². The Morgan fingerprint density at radius 3 is 1.12 bits per heavy atom. The second-order valence-electron chi connectivity index (χ2n) is 32.6. The van der Waals surface area contributed by atoms with Gasteiger partial charge in [-0.25, -0.2) is 50.3 Å². The van der Waals surface area contributed by atoms with Gasteiger partial charge in [-0.3, -0.25) is 37.1 Å². The summed E-state index contributed by atoms with van der Waals surface area (Å²) in [6.07, 6.45) is -28.6. The number of carbonyl (C=O) groups excluding carboxylic acids is 4. The zero-order chi connectivity index (χ0) is 112. The number of aliphatic hydroxyl groups is 14. The number of carbonyl (C=O) groups is 4. The number of aliphatic imine (C=N–C) groups is 2. The summed E-state index contributed by atoms with van der Waals surface area (Å²) in [5.41, 5.74) is 30.0. The van der Waals surface area contributed by atoms with Crippen molar-refractivity contribution in [3.63, 3.8) is 0 Å². The number of aldehydes is 2. The van der Waals surface area contributed by atoms with Gasteiger partial charge in [0.1, 0.15) is 163 Å². The first kappa shape index (κ1) is 124. The number of methoxy groups -OCH3 is 4. The largest absolute Gasteiger partial charge is 0.759 e. The van der Waals surface area contributed by atoms with Crippen molar-refractivity contribution >= 4 is 80.3 Å². The second-order valence-corrected chi connectivity index (χ2v) is 34.3. The normalized spacial score (nSPS) is 30.4. The van der Waals surface area contributed by atoms with Crippen LogP contribution in [0.2, 0.25) is 0 Å². The van der Waals surface area contributed by atoms with Gasteiger partial charge in [0, 0.05) is 31.9 Å². The number of guanidine groups is 4. The highest BCUT2D eigenvalue weighted by molar-refractivity contribution is 7.80. The number of hydrogen-bond acceptors (Lipinski definition) is 52. The third kappa shape index (κ3) is 32.9. The van der Waals surface area contributed by atoms with Crippen molar-refractivity contribution in [3.05, 3.63) is 157 Å². The predicted octanol–water partition coefficient (Wildman–Crippen LogP) is -14.5. The van der Waals surface area contributed by atoms with E-state index in [1.807, 2.05) is 0 Å². The molecule has 0 amide bonds. The molecule has 4 aliphatic heterocycles. The predicted molar refractivity (Wildman–Crippen MR) is 494 cm³/mol. The summed E-state index contributed by atoms with van der Waals surface area (Å²) in [4.78, 5) is 72.3. The van der Waals surface area contributed by atoms with Gasteiger partial charge < -0.3 is 211 Å². The zero-order valence-electron chi connectivity index (χ0n) is 80.3. The maximum absolute atomic E-state index is 12.1. The molecule has 0 unspecified atom stereocenters. The third-order valence-electron chi connectivity index (χ3n) is 22.9. The summed E-state index contributed by atoms with van der Waals surface area (Å²) in [6, 6.07) is 27.0. The number of nitriles is 2. The van der Waals surface area contributed by atoms with Crippen LogP contribution in [0.5, 0.6) is 46.5 Å². The second kappa shape index (κ2) is 56.6. The molecule has 2 aromatic heterocycles. The van der Waals surface area contributed by atoms with Crippen LogP contribution in [-0.2, 0) is 96.8 Å². The van der Waals surface area contributed by atoms with Crippen molar-refractivity contribution in [2.45, 2.75) is 196 Å². The molecule has 12 rings (SSSR count). The number of para-hydroxylation sites is 4. The number of aromatic nitrogens is 4. The van der Waals surface area contributed by atoms with Gasteiger partial charge in [0.2, 0.25) is 36.1 Å². The average Bonchev–Trinajstić information content (AvgIpc) is 1.60. The highest BCUT2D eigenvalue weighted by Crippen LogP contribution is 2.43. The maximum atomic E-state index is 12.1. The van der Waals surface area contributed by atoms with Gasteiger partial charge in [0.25, 0.3) is 11.9 Å². The number of aliphatic hydroxyl groups excluding tert-OH is 12. The number of rotatable bonds is 32. The number of esters is 2. The van der Waals surface area contributed by atoms with Crippen LogP contribution in [0.3, 0.4) is 0 Å². The zero-order valence-corrected chi connectivity index (χ0v) is 81.9. The summed E-state index contributed by atoms with van der Waals surface area (Å²) in [5, 5.41) is 187. The van der Waals surface area contributed by atoms with Crippen molar-refractivity contribution in [3.8, 4) is 58.7 Å². The fourth-order valence-electron chi connectivity index (χ4n) is 15.7. The number of nitrogens with zero attached hydrogens (tertiary/aromatic N) is 8. The topological polar surface area (TPSA) is 1050 Å². The molecule has 6 aliphatic rings. The maximum Gasteiger partial charge on any atom is 0.341 e. The molecule has 6 aromatic rings. The van der Waals surface area contributed by atoms with Crippen molar-refractivity contribution in [2.75, 3.05) is 55.7 Å². The Bertz CT molecular complexity index is 5740. The number of ether oxygens (including phenoxy) is 16. The molecule has 36 N–H and O–H groups in total. The summed E-state index contributed by atoms with van der Waals surface area (Å²) >= 11 is 0. The summed E-state index contributed by atoms with van der Waals surface area (Å²) < 4.78 is 157. The number of nitrogens with one attached hydrogen (secondary N) is 2. The number of benzene rings is 4. The van der Waals surface area contributed by atoms with Gasteiger partial charge in [-0.05, 0) is 50.2 Å². The molecular formula is C86H116N20O42S2. The van der Waals surface area contributed by atoms with Crippen LogP contribution in [0.1, 0.15) is 36.1 Å². The van der Waals surface area contributed by atoms with Crippen LogP contribution in [0, 0.1) is 33.5 Å². The van der Waals surface area contributed by atoms with E-state index in [0.29, 0.717) is 45.3 Å². The monoisotopic (exact) mass is 2160 g/mol. The highest BCUT2D eigenvalue weighted by atomic mass is 32.3. The van der Waals surface area contributed by atoms with E-state index >= 15 is 0 Å². The van der Waals surface area contributed by atoms with Gasteiger partial charge in [-0.1, -0.05) is 60.7 Å². The van der Waals surface area contributed by atoms with E-state index < -0.39 is 252 Å². The average molecular weight is 2170 g/mol. The highest BCUT2D eigenvalue weighted by Gasteiger charge is 2.65. The first-order chi connectivity index (χ1) is 70.7. The molecular weight excluding hydrogens is 2050 g/mol. The van der Waals surface area contributed by atoms with Crippen LogP contribution in [0.4, 0.5) is 0 Å². The Morgan fingerprint density at radius 1 is 0.460 bits per heavy atom. The molecule has 30 atom stereocenters. The molecule has 4 aromatic carbocycles. The smallest absolute Gasteiger partial charge is 0.341 e. The first-order valence-corrected chi connectivity index (χ1v) is 46.7. The van der Waals surface area contributed by atoms with Gasteiger partial charge >= 0.3 is 11.9 Å². The van der Waals surface area contributed by atoms with Gasteiger partial charge in [-0.2, -0.15) is 10.5 Å². The van der Waals surface area contributed by atoms with E-state index in [4.69, 9.17) is 156 Å². The third-order valence-corrected chi connectivity index (χ3v) is 22.9. The molecule has 64 heteroatoms. The summed E-state index contributed by atoms with van der Waals surface area (Å²) in [6.45, 7) is 1.30. The van der Waals surface area contributed by atoms with E-state index in [1.54, 1.807) is 111 Å². The molecule has 4 saturated heterocycles. The minimum Gasteiger partial charge on any atom is -0.759 e. The number of nitrogens with two attached hydrogens (primary N) is 10. The molecule has 6 fully saturated rings.